The summed E-state index contributed by atoms with van der Waals surface area (Å²) >= 11 is 0. The SMILES string of the molecule is C[C@H]1CN(c2ccc(Nc3ncc4ccn(Cc5cccnc5N(C5CC5)S(C)(=O)=O)c4n3)cc2)CCN1. The number of nitrogens with zero attached hydrogens (tertiary/aromatic N) is 6. The molecule has 0 bridgehead atoms. The first-order chi connectivity index (χ1) is 18.3. The second-order valence-corrected chi connectivity index (χ2v) is 12.0. The van der Waals surface area contributed by atoms with Crippen LogP contribution in [0.5, 0.6) is 0 Å². The van der Waals surface area contributed by atoms with E-state index in [0.29, 0.717) is 24.4 Å². The van der Waals surface area contributed by atoms with Gasteiger partial charge in [-0.1, -0.05) is 6.07 Å². The average molecular weight is 533 g/mol. The lowest BCUT2D eigenvalue weighted by Crippen LogP contribution is -2.49. The molecule has 4 aromatic rings. The molecule has 3 aromatic heterocycles. The van der Waals surface area contributed by atoms with Crippen molar-refractivity contribution in [3.05, 3.63) is 66.6 Å². The van der Waals surface area contributed by atoms with E-state index < -0.39 is 10.0 Å². The number of pyridine rings is 1. The minimum atomic E-state index is -3.43. The van der Waals surface area contributed by atoms with Crippen molar-refractivity contribution >= 4 is 44.2 Å². The zero-order valence-corrected chi connectivity index (χ0v) is 22.4. The highest BCUT2D eigenvalue weighted by Crippen LogP contribution is 2.35. The van der Waals surface area contributed by atoms with Gasteiger partial charge in [0.2, 0.25) is 16.0 Å². The van der Waals surface area contributed by atoms with Crippen molar-refractivity contribution in [1.82, 2.24) is 24.8 Å². The summed E-state index contributed by atoms with van der Waals surface area (Å²) in [5.41, 5.74) is 3.71. The first kappa shape index (κ1) is 24.6. The maximum atomic E-state index is 12.6. The molecule has 1 saturated carbocycles. The van der Waals surface area contributed by atoms with Gasteiger partial charge in [0, 0.05) is 72.6 Å². The number of piperazine rings is 1. The standard InChI is InChI=1S/C27H32N8O2S/c1-19-17-33(15-13-28-19)23-7-5-22(6-8-23)31-27-30-16-20-11-14-34(26(20)32-27)18-21-4-3-12-29-25(21)35(24-9-10-24)38(2,36)37/h3-8,11-12,14,16,19,24,28H,9-10,13,15,17-18H2,1-2H3,(H,30,31,32)/t19-/m0/s1. The Bertz CT molecular complexity index is 1550. The molecule has 0 radical (unpaired) electrons. The van der Waals surface area contributed by atoms with E-state index in [4.69, 9.17) is 4.98 Å². The summed E-state index contributed by atoms with van der Waals surface area (Å²) in [6, 6.07) is 14.5. The molecule has 0 amide bonds. The molecule has 1 atom stereocenters. The number of nitrogens with one attached hydrogen (secondary N) is 2. The van der Waals surface area contributed by atoms with Gasteiger partial charge in [0.15, 0.2) is 0 Å². The van der Waals surface area contributed by atoms with E-state index in [1.54, 1.807) is 12.4 Å². The van der Waals surface area contributed by atoms with E-state index in [1.807, 2.05) is 41.1 Å². The Morgan fingerprint density at radius 3 is 2.68 bits per heavy atom. The Hall–Kier alpha value is -3.70. The highest BCUT2D eigenvalue weighted by atomic mass is 32.2. The third-order valence-corrected chi connectivity index (χ3v) is 8.20. The van der Waals surface area contributed by atoms with Crippen LogP contribution in [0.4, 0.5) is 23.1 Å². The van der Waals surface area contributed by atoms with E-state index in [2.05, 4.69) is 44.6 Å². The molecule has 1 aliphatic carbocycles. The molecule has 6 rings (SSSR count). The summed E-state index contributed by atoms with van der Waals surface area (Å²) in [4.78, 5) is 16.1. The average Bonchev–Trinajstić information content (AvgIpc) is 3.65. The number of aromatic nitrogens is 4. The summed E-state index contributed by atoms with van der Waals surface area (Å²) < 4.78 is 28.6. The van der Waals surface area contributed by atoms with Crippen LogP contribution in [0.1, 0.15) is 25.3 Å². The Balaban J connectivity index is 1.23. The summed E-state index contributed by atoms with van der Waals surface area (Å²) in [7, 11) is -3.43. The smallest absolute Gasteiger partial charge is 0.233 e. The maximum absolute atomic E-state index is 12.6. The van der Waals surface area contributed by atoms with Crippen LogP contribution in [0.15, 0.2) is 61.1 Å². The highest BCUT2D eigenvalue weighted by molar-refractivity contribution is 7.92. The van der Waals surface area contributed by atoms with Crippen LogP contribution in [0.2, 0.25) is 0 Å². The summed E-state index contributed by atoms with van der Waals surface area (Å²) in [6.07, 6.45) is 8.35. The fourth-order valence-electron chi connectivity index (χ4n) is 5.06. The van der Waals surface area contributed by atoms with Crippen molar-refractivity contribution in [2.24, 2.45) is 0 Å². The van der Waals surface area contributed by atoms with Gasteiger partial charge in [-0.05, 0) is 56.2 Å². The van der Waals surface area contributed by atoms with E-state index in [-0.39, 0.29) is 6.04 Å². The Morgan fingerprint density at radius 2 is 1.95 bits per heavy atom. The fraction of sp³-hybridized carbons (Fsp3) is 0.370. The molecule has 2 fully saturated rings. The largest absolute Gasteiger partial charge is 0.369 e. The van der Waals surface area contributed by atoms with E-state index in [9.17, 15) is 8.42 Å². The first-order valence-electron chi connectivity index (χ1n) is 13.0. The Kier molecular flexibility index (Phi) is 6.40. The van der Waals surface area contributed by atoms with E-state index >= 15 is 0 Å². The molecule has 11 heteroatoms. The Labute approximate surface area is 222 Å². The van der Waals surface area contributed by atoms with Crippen molar-refractivity contribution in [2.45, 2.75) is 38.4 Å². The summed E-state index contributed by atoms with van der Waals surface area (Å²) in [6.45, 7) is 5.62. The molecule has 2 N–H and O–H groups in total. The van der Waals surface area contributed by atoms with Crippen LogP contribution < -0.4 is 19.8 Å². The van der Waals surface area contributed by atoms with Gasteiger partial charge in [0.25, 0.3) is 0 Å². The second-order valence-electron chi connectivity index (χ2n) is 10.2. The second kappa shape index (κ2) is 9.88. The topological polar surface area (TPSA) is 108 Å². The predicted octanol–water partition coefficient (Wildman–Crippen LogP) is 3.34. The number of sulfonamides is 1. The zero-order chi connectivity index (χ0) is 26.3. The van der Waals surface area contributed by atoms with Crippen molar-refractivity contribution < 1.29 is 8.42 Å². The van der Waals surface area contributed by atoms with Crippen molar-refractivity contribution in [2.75, 3.05) is 40.4 Å². The van der Waals surface area contributed by atoms with Crippen LogP contribution in [0.25, 0.3) is 11.0 Å². The van der Waals surface area contributed by atoms with Gasteiger partial charge in [-0.2, -0.15) is 4.98 Å². The quantitative estimate of drug-likeness (QED) is 0.356. The number of anilines is 4. The lowest BCUT2D eigenvalue weighted by molar-refractivity contribution is 0.485. The number of benzene rings is 1. The molecular formula is C27H32N8O2S. The molecule has 1 saturated heterocycles. The van der Waals surface area contributed by atoms with Gasteiger partial charge in [-0.15, -0.1) is 0 Å². The van der Waals surface area contributed by atoms with Gasteiger partial charge in [0.05, 0.1) is 12.8 Å². The third kappa shape index (κ3) is 5.16. The van der Waals surface area contributed by atoms with Crippen LogP contribution in [0, 0.1) is 0 Å². The van der Waals surface area contributed by atoms with Crippen LogP contribution in [-0.2, 0) is 16.6 Å². The van der Waals surface area contributed by atoms with Gasteiger partial charge < -0.3 is 20.1 Å². The molecule has 4 heterocycles. The van der Waals surface area contributed by atoms with Crippen molar-refractivity contribution in [3.63, 3.8) is 0 Å². The summed E-state index contributed by atoms with van der Waals surface area (Å²) in [5.74, 6) is 0.994. The number of fused-ring (bicyclic) bond motifs is 1. The summed E-state index contributed by atoms with van der Waals surface area (Å²) in [5, 5.41) is 7.71. The molecular weight excluding hydrogens is 500 g/mol. The molecule has 38 heavy (non-hydrogen) atoms. The molecule has 1 aromatic carbocycles. The molecule has 198 valence electrons. The molecule has 0 spiro atoms. The minimum Gasteiger partial charge on any atom is -0.369 e. The number of hydrogen-bond donors (Lipinski definition) is 2. The fourth-order valence-corrected chi connectivity index (χ4v) is 6.29. The monoisotopic (exact) mass is 532 g/mol. The minimum absolute atomic E-state index is 0.0143. The molecule has 0 unspecified atom stereocenters. The first-order valence-corrected chi connectivity index (χ1v) is 14.8. The number of rotatable bonds is 8. The normalized spacial score (nSPS) is 18.1. The van der Waals surface area contributed by atoms with Gasteiger partial charge >= 0.3 is 0 Å². The van der Waals surface area contributed by atoms with Crippen LogP contribution in [0.3, 0.4) is 0 Å². The molecule has 2 aliphatic rings. The van der Waals surface area contributed by atoms with Gasteiger partial charge in [-0.25, -0.2) is 18.4 Å². The highest BCUT2D eigenvalue weighted by Gasteiger charge is 2.37. The van der Waals surface area contributed by atoms with Crippen LogP contribution >= 0.6 is 0 Å². The Morgan fingerprint density at radius 1 is 1.13 bits per heavy atom. The van der Waals surface area contributed by atoms with Crippen molar-refractivity contribution in [3.8, 4) is 0 Å². The maximum Gasteiger partial charge on any atom is 0.233 e. The van der Waals surface area contributed by atoms with Crippen molar-refractivity contribution in [1.29, 1.82) is 0 Å². The predicted molar refractivity (Wildman–Crippen MR) is 151 cm³/mol. The van der Waals surface area contributed by atoms with Crippen LogP contribution in [-0.4, -0.2) is 65.9 Å². The van der Waals surface area contributed by atoms with E-state index in [1.165, 1.54) is 16.2 Å². The molecule has 1 aliphatic heterocycles. The zero-order valence-electron chi connectivity index (χ0n) is 21.6. The molecule has 10 nitrogen and oxygen atoms in total. The number of hydrogen-bond acceptors (Lipinski definition) is 8. The van der Waals surface area contributed by atoms with Gasteiger partial charge in [0.1, 0.15) is 11.5 Å². The lowest BCUT2D eigenvalue weighted by Gasteiger charge is -2.33. The van der Waals surface area contributed by atoms with Gasteiger partial charge in [-0.3, -0.25) is 4.31 Å². The van der Waals surface area contributed by atoms with E-state index in [0.717, 1.165) is 54.8 Å². The third-order valence-electron chi connectivity index (χ3n) is 7.01. The lowest BCUT2D eigenvalue weighted by atomic mass is 10.2.